The Morgan fingerprint density at radius 3 is 2.63 bits per heavy atom. The van der Waals surface area contributed by atoms with E-state index in [4.69, 9.17) is 4.74 Å². The molecule has 0 aliphatic carbocycles. The van der Waals surface area contributed by atoms with Gasteiger partial charge in [-0.05, 0) is 32.8 Å². The lowest BCUT2D eigenvalue weighted by Gasteiger charge is -2.11. The Bertz CT molecular complexity index is 922. The molecular formula is C20H22N4O2S. The van der Waals surface area contributed by atoms with Crippen molar-refractivity contribution in [2.24, 2.45) is 0 Å². The van der Waals surface area contributed by atoms with Gasteiger partial charge in [0, 0.05) is 23.7 Å². The number of thiazole rings is 1. The molecule has 0 spiro atoms. The monoisotopic (exact) mass is 382 g/mol. The van der Waals surface area contributed by atoms with Gasteiger partial charge in [0.2, 0.25) is 0 Å². The zero-order chi connectivity index (χ0) is 19.2. The first kappa shape index (κ1) is 19.0. The summed E-state index contributed by atoms with van der Waals surface area (Å²) in [5.74, 6) is 0.701. The summed E-state index contributed by atoms with van der Waals surface area (Å²) in [4.78, 5) is 25.0. The second kappa shape index (κ2) is 8.73. The van der Waals surface area contributed by atoms with E-state index in [2.05, 4.69) is 49.9 Å². The zero-order valence-corrected chi connectivity index (χ0v) is 16.5. The minimum Gasteiger partial charge on any atom is -0.462 e. The number of carbonyl (C=O) groups is 1. The molecule has 140 valence electrons. The summed E-state index contributed by atoms with van der Waals surface area (Å²) in [6.07, 6.45) is 2.31. The molecular weight excluding hydrogens is 360 g/mol. The molecule has 1 N–H and O–H groups in total. The fraction of sp³-hybridized carbons (Fsp3) is 0.300. The van der Waals surface area contributed by atoms with Crippen LogP contribution in [-0.4, -0.2) is 34.1 Å². The SMILES string of the molecule is CCOC(=O)c1cnc(C)nc1NCCc1ccc(-c2csc(C)n2)cc1. The van der Waals surface area contributed by atoms with Gasteiger partial charge in [0.1, 0.15) is 17.2 Å². The van der Waals surface area contributed by atoms with Crippen molar-refractivity contribution in [3.63, 3.8) is 0 Å². The lowest BCUT2D eigenvalue weighted by Crippen LogP contribution is -2.14. The Balaban J connectivity index is 1.63. The molecule has 2 heterocycles. The number of esters is 1. The molecule has 0 saturated carbocycles. The van der Waals surface area contributed by atoms with Crippen molar-refractivity contribution in [1.82, 2.24) is 15.0 Å². The van der Waals surface area contributed by atoms with E-state index in [1.54, 1.807) is 25.2 Å². The van der Waals surface area contributed by atoms with E-state index in [1.165, 1.54) is 11.8 Å². The fourth-order valence-corrected chi connectivity index (χ4v) is 3.25. The summed E-state index contributed by atoms with van der Waals surface area (Å²) >= 11 is 1.65. The fourth-order valence-electron chi connectivity index (χ4n) is 2.63. The molecule has 0 aliphatic rings. The van der Waals surface area contributed by atoms with Crippen molar-refractivity contribution < 1.29 is 9.53 Å². The first-order chi connectivity index (χ1) is 13.1. The third-order valence-electron chi connectivity index (χ3n) is 3.98. The second-order valence-electron chi connectivity index (χ2n) is 6.03. The van der Waals surface area contributed by atoms with Crippen LogP contribution < -0.4 is 5.32 Å². The number of hydrogen-bond donors (Lipinski definition) is 1. The van der Waals surface area contributed by atoms with Gasteiger partial charge in [-0.1, -0.05) is 24.3 Å². The Morgan fingerprint density at radius 2 is 1.96 bits per heavy atom. The van der Waals surface area contributed by atoms with Crippen molar-refractivity contribution in [2.75, 3.05) is 18.5 Å². The maximum atomic E-state index is 12.0. The molecule has 6 nitrogen and oxygen atoms in total. The molecule has 0 fully saturated rings. The minimum absolute atomic E-state index is 0.316. The Kier molecular flexibility index (Phi) is 6.13. The number of ether oxygens (including phenoxy) is 1. The standard InChI is InChI=1S/C20H22N4O2S/c1-4-26-20(25)17-11-22-13(2)23-19(17)21-10-9-15-5-7-16(8-6-15)18-12-27-14(3)24-18/h5-8,11-12H,4,9-10H2,1-3H3,(H,21,22,23). The average Bonchev–Trinajstić information content (AvgIpc) is 3.09. The molecule has 0 amide bonds. The van der Waals surface area contributed by atoms with Gasteiger partial charge < -0.3 is 10.1 Å². The Hall–Kier alpha value is -2.80. The highest BCUT2D eigenvalue weighted by molar-refractivity contribution is 7.09. The molecule has 7 heteroatoms. The quantitative estimate of drug-likeness (QED) is 0.621. The third kappa shape index (κ3) is 4.89. The van der Waals surface area contributed by atoms with Crippen molar-refractivity contribution in [3.05, 3.63) is 57.8 Å². The number of rotatable bonds is 7. The number of anilines is 1. The molecule has 0 radical (unpaired) electrons. The molecule has 3 aromatic rings. The molecule has 27 heavy (non-hydrogen) atoms. The first-order valence-corrected chi connectivity index (χ1v) is 9.71. The molecule has 3 rings (SSSR count). The van der Waals surface area contributed by atoms with Crippen LogP contribution in [0.5, 0.6) is 0 Å². The smallest absolute Gasteiger partial charge is 0.343 e. The van der Waals surface area contributed by atoms with E-state index in [9.17, 15) is 4.79 Å². The number of nitrogens with one attached hydrogen (secondary N) is 1. The van der Waals surface area contributed by atoms with Crippen molar-refractivity contribution in [2.45, 2.75) is 27.2 Å². The highest BCUT2D eigenvalue weighted by atomic mass is 32.1. The zero-order valence-electron chi connectivity index (χ0n) is 15.7. The number of aromatic nitrogens is 3. The van der Waals surface area contributed by atoms with E-state index in [1.807, 2.05) is 6.92 Å². The van der Waals surface area contributed by atoms with Gasteiger partial charge in [-0.2, -0.15) is 0 Å². The number of benzene rings is 1. The predicted molar refractivity (Wildman–Crippen MR) is 107 cm³/mol. The summed E-state index contributed by atoms with van der Waals surface area (Å²) in [7, 11) is 0. The number of aryl methyl sites for hydroxylation is 2. The van der Waals surface area contributed by atoms with Crippen molar-refractivity contribution >= 4 is 23.1 Å². The van der Waals surface area contributed by atoms with Crippen LogP contribution in [0.1, 0.15) is 33.7 Å². The van der Waals surface area contributed by atoms with Crippen LogP contribution in [0.2, 0.25) is 0 Å². The summed E-state index contributed by atoms with van der Waals surface area (Å²) in [6, 6.07) is 8.37. The van der Waals surface area contributed by atoms with E-state index in [0.717, 1.165) is 22.7 Å². The van der Waals surface area contributed by atoms with Crippen LogP contribution in [0.25, 0.3) is 11.3 Å². The highest BCUT2D eigenvalue weighted by Gasteiger charge is 2.14. The van der Waals surface area contributed by atoms with Crippen LogP contribution >= 0.6 is 11.3 Å². The van der Waals surface area contributed by atoms with Crippen molar-refractivity contribution in [1.29, 1.82) is 0 Å². The Labute approximate surface area is 162 Å². The van der Waals surface area contributed by atoms with Gasteiger partial charge in [0.15, 0.2) is 0 Å². The predicted octanol–water partition coefficient (Wildman–Crippen LogP) is 4.05. The van der Waals surface area contributed by atoms with Crippen LogP contribution in [0.4, 0.5) is 5.82 Å². The van der Waals surface area contributed by atoms with E-state index >= 15 is 0 Å². The molecule has 2 aromatic heterocycles. The maximum Gasteiger partial charge on any atom is 0.343 e. The van der Waals surface area contributed by atoms with Gasteiger partial charge in [0.05, 0.1) is 17.3 Å². The largest absolute Gasteiger partial charge is 0.462 e. The molecule has 0 aliphatic heterocycles. The van der Waals surface area contributed by atoms with Crippen LogP contribution in [-0.2, 0) is 11.2 Å². The summed E-state index contributed by atoms with van der Waals surface area (Å²) in [6.45, 7) is 6.54. The normalized spacial score (nSPS) is 10.6. The number of nitrogens with zero attached hydrogens (tertiary/aromatic N) is 3. The van der Waals surface area contributed by atoms with Crippen LogP contribution in [0.3, 0.4) is 0 Å². The lowest BCUT2D eigenvalue weighted by molar-refractivity contribution is 0.0526. The van der Waals surface area contributed by atoms with Gasteiger partial charge in [-0.25, -0.2) is 19.7 Å². The summed E-state index contributed by atoms with van der Waals surface area (Å²) < 4.78 is 5.07. The molecule has 0 bridgehead atoms. The van der Waals surface area contributed by atoms with Crippen LogP contribution in [0.15, 0.2) is 35.8 Å². The molecule has 1 aromatic carbocycles. The average molecular weight is 382 g/mol. The molecule has 0 saturated heterocycles. The molecule has 0 atom stereocenters. The van der Waals surface area contributed by atoms with Gasteiger partial charge in [0.25, 0.3) is 0 Å². The van der Waals surface area contributed by atoms with Crippen LogP contribution in [0, 0.1) is 13.8 Å². The molecule has 0 unspecified atom stereocenters. The number of hydrogen-bond acceptors (Lipinski definition) is 7. The lowest BCUT2D eigenvalue weighted by atomic mass is 10.1. The van der Waals surface area contributed by atoms with E-state index in [0.29, 0.717) is 30.4 Å². The Morgan fingerprint density at radius 1 is 1.19 bits per heavy atom. The topological polar surface area (TPSA) is 77.0 Å². The van der Waals surface area contributed by atoms with E-state index < -0.39 is 5.97 Å². The first-order valence-electron chi connectivity index (χ1n) is 8.83. The van der Waals surface area contributed by atoms with Crippen molar-refractivity contribution in [3.8, 4) is 11.3 Å². The highest BCUT2D eigenvalue weighted by Crippen LogP contribution is 2.22. The van der Waals surface area contributed by atoms with Gasteiger partial charge >= 0.3 is 5.97 Å². The third-order valence-corrected chi connectivity index (χ3v) is 4.75. The second-order valence-corrected chi connectivity index (χ2v) is 7.09. The summed E-state index contributed by atoms with van der Waals surface area (Å²) in [5.41, 5.74) is 3.68. The van der Waals surface area contributed by atoms with Gasteiger partial charge in [-0.3, -0.25) is 0 Å². The number of carbonyl (C=O) groups excluding carboxylic acids is 1. The summed E-state index contributed by atoms with van der Waals surface area (Å²) in [5, 5.41) is 6.36. The van der Waals surface area contributed by atoms with E-state index in [-0.39, 0.29) is 0 Å². The maximum absolute atomic E-state index is 12.0. The van der Waals surface area contributed by atoms with Gasteiger partial charge in [-0.15, -0.1) is 11.3 Å². The minimum atomic E-state index is -0.414.